The van der Waals surface area contributed by atoms with Crippen molar-refractivity contribution in [2.24, 2.45) is 5.73 Å². The van der Waals surface area contributed by atoms with Gasteiger partial charge in [0.15, 0.2) is 0 Å². The van der Waals surface area contributed by atoms with Crippen molar-refractivity contribution in [2.75, 3.05) is 0 Å². The third-order valence-corrected chi connectivity index (χ3v) is 4.12. The Morgan fingerprint density at radius 3 is 2.00 bits per heavy atom. The van der Waals surface area contributed by atoms with Gasteiger partial charge in [-0.05, 0) is 25.7 Å². The highest BCUT2D eigenvalue weighted by molar-refractivity contribution is 4.86. The van der Waals surface area contributed by atoms with E-state index in [0.29, 0.717) is 12.1 Å². The lowest BCUT2D eigenvalue weighted by Gasteiger charge is -2.33. The van der Waals surface area contributed by atoms with Gasteiger partial charge in [-0.15, -0.1) is 0 Å². The summed E-state index contributed by atoms with van der Waals surface area (Å²) in [6.45, 7) is 0. The van der Waals surface area contributed by atoms with Gasteiger partial charge in [-0.3, -0.25) is 0 Å². The fourth-order valence-electron chi connectivity index (χ4n) is 3.12. The molecule has 0 radical (unpaired) electrons. The zero-order chi connectivity index (χ0) is 10.5. The Hall–Kier alpha value is -0.0800. The number of hydrogen-bond acceptors (Lipinski definition) is 2. The van der Waals surface area contributed by atoms with Crippen LogP contribution >= 0.6 is 0 Å². The lowest BCUT2D eigenvalue weighted by molar-refractivity contribution is 0.287. The maximum atomic E-state index is 6.17. The van der Waals surface area contributed by atoms with Crippen molar-refractivity contribution in [1.82, 2.24) is 5.32 Å². The second-order valence-corrected chi connectivity index (χ2v) is 5.41. The molecular weight excluding hydrogens is 184 g/mol. The van der Waals surface area contributed by atoms with E-state index in [1.54, 1.807) is 0 Å². The first-order chi connectivity index (χ1) is 7.36. The molecule has 3 N–H and O–H groups in total. The Labute approximate surface area is 94.0 Å². The molecule has 2 nitrogen and oxygen atoms in total. The highest BCUT2D eigenvalue weighted by Gasteiger charge is 2.24. The van der Waals surface area contributed by atoms with Crippen LogP contribution in [0.4, 0.5) is 0 Å². The summed E-state index contributed by atoms with van der Waals surface area (Å²) >= 11 is 0. The molecule has 0 aromatic carbocycles. The maximum absolute atomic E-state index is 6.17. The van der Waals surface area contributed by atoms with Crippen molar-refractivity contribution in [2.45, 2.75) is 82.3 Å². The van der Waals surface area contributed by atoms with Gasteiger partial charge in [-0.1, -0.05) is 38.5 Å². The van der Waals surface area contributed by atoms with Crippen molar-refractivity contribution in [1.29, 1.82) is 0 Å². The van der Waals surface area contributed by atoms with Crippen molar-refractivity contribution in [3.05, 3.63) is 0 Å². The average Bonchev–Trinajstić information content (AvgIpc) is 2.50. The minimum atomic E-state index is 0.419. The molecule has 2 rings (SSSR count). The van der Waals surface area contributed by atoms with Gasteiger partial charge in [0.25, 0.3) is 0 Å². The van der Waals surface area contributed by atoms with E-state index in [0.717, 1.165) is 6.04 Å². The van der Waals surface area contributed by atoms with E-state index in [4.69, 9.17) is 5.73 Å². The largest absolute Gasteiger partial charge is 0.326 e. The van der Waals surface area contributed by atoms with Crippen LogP contribution in [-0.4, -0.2) is 18.1 Å². The first-order valence-corrected chi connectivity index (χ1v) is 6.88. The van der Waals surface area contributed by atoms with Crippen LogP contribution in [0.25, 0.3) is 0 Å². The molecule has 15 heavy (non-hydrogen) atoms. The summed E-state index contributed by atoms with van der Waals surface area (Å²) in [5, 5.41) is 3.82. The zero-order valence-corrected chi connectivity index (χ0v) is 9.88. The lowest BCUT2D eigenvalue weighted by Crippen LogP contribution is -2.50. The number of rotatable bonds is 2. The molecule has 0 amide bonds. The number of nitrogens with one attached hydrogen (secondary N) is 1. The summed E-state index contributed by atoms with van der Waals surface area (Å²) in [5.41, 5.74) is 6.17. The Morgan fingerprint density at radius 1 is 0.733 bits per heavy atom. The molecule has 0 bridgehead atoms. The van der Waals surface area contributed by atoms with Crippen LogP contribution in [-0.2, 0) is 0 Å². The molecule has 0 aromatic heterocycles. The van der Waals surface area contributed by atoms with Crippen LogP contribution in [0.15, 0.2) is 0 Å². The molecule has 2 saturated carbocycles. The second kappa shape index (κ2) is 5.86. The van der Waals surface area contributed by atoms with Gasteiger partial charge >= 0.3 is 0 Å². The summed E-state index contributed by atoms with van der Waals surface area (Å²) in [6.07, 6.45) is 13.7. The van der Waals surface area contributed by atoms with Crippen LogP contribution < -0.4 is 11.1 Å². The molecular formula is C13H26N2. The van der Waals surface area contributed by atoms with Gasteiger partial charge in [0, 0.05) is 18.1 Å². The fraction of sp³-hybridized carbons (Fsp3) is 1.00. The Bertz CT molecular complexity index is 173. The predicted octanol–water partition coefficient (Wildman–Crippen LogP) is 2.57. The normalized spacial score (nSPS) is 35.0. The highest BCUT2D eigenvalue weighted by atomic mass is 15.0. The molecule has 0 spiro atoms. The quantitative estimate of drug-likeness (QED) is 0.687. The number of nitrogens with two attached hydrogens (primary N) is 1. The van der Waals surface area contributed by atoms with E-state index in [9.17, 15) is 0 Å². The lowest BCUT2D eigenvalue weighted by atomic mass is 9.90. The van der Waals surface area contributed by atoms with Crippen LogP contribution in [0.3, 0.4) is 0 Å². The van der Waals surface area contributed by atoms with Gasteiger partial charge in [0.05, 0.1) is 0 Å². The molecule has 88 valence electrons. The molecule has 2 fully saturated rings. The molecule has 0 unspecified atom stereocenters. The topological polar surface area (TPSA) is 38.0 Å². The van der Waals surface area contributed by atoms with E-state index in [-0.39, 0.29) is 0 Å². The molecule has 0 saturated heterocycles. The molecule has 0 aliphatic heterocycles. The maximum Gasteiger partial charge on any atom is 0.0221 e. The summed E-state index contributed by atoms with van der Waals surface area (Å²) in [6, 6.07) is 1.80. The summed E-state index contributed by atoms with van der Waals surface area (Å²) < 4.78 is 0. The van der Waals surface area contributed by atoms with Crippen molar-refractivity contribution in [3.8, 4) is 0 Å². The third kappa shape index (κ3) is 3.46. The minimum absolute atomic E-state index is 0.419. The number of hydrogen-bond donors (Lipinski definition) is 2. The third-order valence-electron chi connectivity index (χ3n) is 4.12. The van der Waals surface area contributed by atoms with Gasteiger partial charge in [-0.2, -0.15) is 0 Å². The van der Waals surface area contributed by atoms with E-state index < -0.39 is 0 Å². The van der Waals surface area contributed by atoms with E-state index in [1.807, 2.05) is 0 Å². The van der Waals surface area contributed by atoms with Crippen LogP contribution in [0.1, 0.15) is 64.2 Å². The average molecular weight is 210 g/mol. The smallest absolute Gasteiger partial charge is 0.0221 e. The Morgan fingerprint density at radius 2 is 1.33 bits per heavy atom. The molecule has 0 aromatic rings. The molecule has 0 heterocycles. The summed E-state index contributed by atoms with van der Waals surface area (Å²) in [7, 11) is 0. The Kier molecular flexibility index (Phi) is 4.45. The fourth-order valence-corrected chi connectivity index (χ4v) is 3.12. The van der Waals surface area contributed by atoms with Crippen molar-refractivity contribution < 1.29 is 0 Å². The van der Waals surface area contributed by atoms with Crippen molar-refractivity contribution >= 4 is 0 Å². The standard InChI is InChI=1S/C13H26N2/c14-12-9-5-6-10-13(12)15-11-7-3-1-2-4-8-11/h11-13,15H,1-10,14H2/t12-,13-/m1/s1. The first-order valence-electron chi connectivity index (χ1n) is 6.88. The summed E-state index contributed by atoms with van der Waals surface area (Å²) in [4.78, 5) is 0. The SMILES string of the molecule is N[C@@H]1CCCC[C@H]1NC1CCCCCC1. The molecule has 2 aliphatic rings. The van der Waals surface area contributed by atoms with Gasteiger partial charge in [0.2, 0.25) is 0 Å². The van der Waals surface area contributed by atoms with E-state index >= 15 is 0 Å². The zero-order valence-electron chi connectivity index (χ0n) is 9.88. The second-order valence-electron chi connectivity index (χ2n) is 5.41. The molecule has 2 atom stereocenters. The van der Waals surface area contributed by atoms with E-state index in [1.165, 1.54) is 64.2 Å². The Balaban J connectivity index is 1.78. The van der Waals surface area contributed by atoms with Gasteiger partial charge in [0.1, 0.15) is 0 Å². The van der Waals surface area contributed by atoms with E-state index in [2.05, 4.69) is 5.32 Å². The van der Waals surface area contributed by atoms with Crippen LogP contribution in [0.5, 0.6) is 0 Å². The molecule has 2 heteroatoms. The first kappa shape index (κ1) is 11.4. The monoisotopic (exact) mass is 210 g/mol. The highest BCUT2D eigenvalue weighted by Crippen LogP contribution is 2.21. The van der Waals surface area contributed by atoms with Crippen LogP contribution in [0, 0.1) is 0 Å². The van der Waals surface area contributed by atoms with Crippen LogP contribution in [0.2, 0.25) is 0 Å². The van der Waals surface area contributed by atoms with Gasteiger partial charge < -0.3 is 11.1 Å². The minimum Gasteiger partial charge on any atom is -0.326 e. The van der Waals surface area contributed by atoms with Crippen molar-refractivity contribution in [3.63, 3.8) is 0 Å². The van der Waals surface area contributed by atoms with Gasteiger partial charge in [-0.25, -0.2) is 0 Å². The summed E-state index contributed by atoms with van der Waals surface area (Å²) in [5.74, 6) is 0. The predicted molar refractivity (Wildman–Crippen MR) is 64.9 cm³/mol. The molecule has 2 aliphatic carbocycles.